The van der Waals surface area contributed by atoms with Gasteiger partial charge in [-0.2, -0.15) is 0 Å². The van der Waals surface area contributed by atoms with Crippen molar-refractivity contribution in [1.29, 1.82) is 0 Å². The molecule has 1 N–H and O–H groups in total. The molecule has 1 atom stereocenters. The number of aliphatic hydroxyl groups is 1. The van der Waals surface area contributed by atoms with Gasteiger partial charge in [0.15, 0.2) is 0 Å². The minimum Gasteiger partial charge on any atom is -0.396 e. The molecule has 1 aromatic rings. The molecule has 0 radical (unpaired) electrons. The Hall–Kier alpha value is -1.95. The first-order chi connectivity index (χ1) is 13.3. The third-order valence-electron chi connectivity index (χ3n) is 6.02. The van der Waals surface area contributed by atoms with Crippen LogP contribution in [0.25, 0.3) is 0 Å². The van der Waals surface area contributed by atoms with Crippen LogP contribution in [0.5, 0.6) is 0 Å². The Balaban J connectivity index is 1.60. The minimum absolute atomic E-state index is 0.0241. The van der Waals surface area contributed by atoms with E-state index < -0.39 is 0 Å². The topological polar surface area (TPSA) is 73.7 Å². The molecule has 1 aliphatic heterocycles. The van der Waals surface area contributed by atoms with Crippen molar-refractivity contribution in [2.45, 2.75) is 46.0 Å². The maximum atomic E-state index is 12.9. The Morgan fingerprint density at radius 2 is 2.11 bits per heavy atom. The molecule has 2 aliphatic rings. The second-order valence-electron chi connectivity index (χ2n) is 9.07. The second kappa shape index (κ2) is 8.60. The van der Waals surface area contributed by atoms with Crippen LogP contribution in [0.1, 0.15) is 56.3 Å². The largest absolute Gasteiger partial charge is 0.396 e. The summed E-state index contributed by atoms with van der Waals surface area (Å²) < 4.78 is 0. The van der Waals surface area contributed by atoms with Crippen LogP contribution in [0.15, 0.2) is 18.3 Å². The molecule has 1 aromatic heterocycles. The monoisotopic (exact) mass is 387 g/mol. The first-order valence-corrected chi connectivity index (χ1v) is 10.4. The van der Waals surface area contributed by atoms with E-state index in [1.165, 1.54) is 0 Å². The van der Waals surface area contributed by atoms with Gasteiger partial charge in [0.05, 0.1) is 12.2 Å². The molecular formula is C22H33N3O3. The number of amides is 1. The SMILES string of the molecule is CC(C)CC(=O)[C@H]1CCCN(C(=O)c2ccc(N(C)CC3(CO)CC3)nc2)C1. The highest BCUT2D eigenvalue weighted by atomic mass is 16.3. The van der Waals surface area contributed by atoms with Gasteiger partial charge in [-0.25, -0.2) is 4.98 Å². The molecule has 154 valence electrons. The van der Waals surface area contributed by atoms with E-state index >= 15 is 0 Å². The van der Waals surface area contributed by atoms with Gasteiger partial charge in [-0.05, 0) is 43.7 Å². The maximum Gasteiger partial charge on any atom is 0.255 e. The molecule has 3 rings (SSSR count). The third-order valence-corrected chi connectivity index (χ3v) is 6.02. The summed E-state index contributed by atoms with van der Waals surface area (Å²) in [4.78, 5) is 33.6. The number of hydrogen-bond donors (Lipinski definition) is 1. The number of aromatic nitrogens is 1. The van der Waals surface area contributed by atoms with E-state index in [0.717, 1.165) is 38.0 Å². The molecule has 1 amide bonds. The number of hydrogen-bond acceptors (Lipinski definition) is 5. The Morgan fingerprint density at radius 1 is 1.36 bits per heavy atom. The van der Waals surface area contributed by atoms with Crippen LogP contribution >= 0.6 is 0 Å². The van der Waals surface area contributed by atoms with E-state index in [9.17, 15) is 14.7 Å². The highest BCUT2D eigenvalue weighted by Gasteiger charge is 2.43. The van der Waals surface area contributed by atoms with Crippen LogP contribution in [0.4, 0.5) is 5.82 Å². The van der Waals surface area contributed by atoms with Crippen LogP contribution in [0.3, 0.4) is 0 Å². The van der Waals surface area contributed by atoms with Gasteiger partial charge >= 0.3 is 0 Å². The van der Waals surface area contributed by atoms with Crippen molar-refractivity contribution >= 4 is 17.5 Å². The number of aliphatic hydroxyl groups excluding tert-OH is 1. The van der Waals surface area contributed by atoms with Gasteiger partial charge in [-0.1, -0.05) is 13.8 Å². The van der Waals surface area contributed by atoms with E-state index in [2.05, 4.69) is 18.8 Å². The second-order valence-corrected chi connectivity index (χ2v) is 9.07. The number of Topliss-reactive ketones (excluding diaryl/α,β-unsaturated/α-hetero) is 1. The fraction of sp³-hybridized carbons (Fsp3) is 0.682. The predicted molar refractivity (Wildman–Crippen MR) is 109 cm³/mol. The van der Waals surface area contributed by atoms with Gasteiger partial charge in [-0.3, -0.25) is 9.59 Å². The Bertz CT molecular complexity index is 697. The number of anilines is 1. The summed E-state index contributed by atoms with van der Waals surface area (Å²) in [7, 11) is 1.97. The van der Waals surface area contributed by atoms with Crippen molar-refractivity contribution in [3.8, 4) is 0 Å². The van der Waals surface area contributed by atoms with Crippen LogP contribution in [-0.4, -0.2) is 60.0 Å². The summed E-state index contributed by atoms with van der Waals surface area (Å²) in [5.41, 5.74) is 0.591. The summed E-state index contributed by atoms with van der Waals surface area (Å²) in [6, 6.07) is 3.69. The van der Waals surface area contributed by atoms with Crippen molar-refractivity contribution in [2.24, 2.45) is 17.3 Å². The lowest BCUT2D eigenvalue weighted by Gasteiger charge is -2.32. The normalized spacial score (nSPS) is 20.9. The number of ketones is 1. The number of carbonyl (C=O) groups is 2. The molecule has 1 saturated heterocycles. The molecule has 6 heteroatoms. The lowest BCUT2D eigenvalue weighted by atomic mass is 9.89. The fourth-order valence-corrected chi connectivity index (χ4v) is 4.04. The van der Waals surface area contributed by atoms with E-state index in [1.807, 2.05) is 24.1 Å². The molecule has 0 aromatic carbocycles. The van der Waals surface area contributed by atoms with Gasteiger partial charge in [0.1, 0.15) is 11.6 Å². The minimum atomic E-state index is -0.0437. The molecule has 0 spiro atoms. The van der Waals surface area contributed by atoms with Crippen molar-refractivity contribution in [3.63, 3.8) is 0 Å². The zero-order valence-electron chi connectivity index (χ0n) is 17.4. The summed E-state index contributed by atoms with van der Waals surface area (Å²) >= 11 is 0. The number of likely N-dealkylation sites (tertiary alicyclic amines) is 1. The maximum absolute atomic E-state index is 12.9. The lowest BCUT2D eigenvalue weighted by Crippen LogP contribution is -2.42. The van der Waals surface area contributed by atoms with Crippen molar-refractivity contribution in [2.75, 3.05) is 38.2 Å². The first kappa shape index (κ1) is 20.8. The molecule has 1 aliphatic carbocycles. The number of piperidine rings is 1. The Labute approximate surface area is 167 Å². The molecule has 0 bridgehead atoms. The first-order valence-electron chi connectivity index (χ1n) is 10.4. The molecule has 2 fully saturated rings. The Kier molecular flexibility index (Phi) is 6.38. The molecule has 2 heterocycles. The highest BCUT2D eigenvalue weighted by Crippen LogP contribution is 2.45. The fourth-order valence-electron chi connectivity index (χ4n) is 4.04. The standard InChI is InChI=1S/C22H33N3O3/c1-16(2)11-19(27)18-5-4-10-25(13-18)21(28)17-6-7-20(23-12-17)24(3)14-22(15-26)8-9-22/h6-7,12,16,18,26H,4-5,8-11,13-15H2,1-3H3/t18-/m0/s1. The third kappa shape index (κ3) is 4.90. The van der Waals surface area contributed by atoms with Gasteiger partial charge in [-0.15, -0.1) is 0 Å². The van der Waals surface area contributed by atoms with Crippen molar-refractivity contribution in [1.82, 2.24) is 9.88 Å². The zero-order chi connectivity index (χ0) is 20.3. The van der Waals surface area contributed by atoms with Crippen LogP contribution in [0, 0.1) is 17.3 Å². The van der Waals surface area contributed by atoms with E-state index in [-0.39, 0.29) is 29.6 Å². The van der Waals surface area contributed by atoms with E-state index in [1.54, 1.807) is 11.1 Å². The van der Waals surface area contributed by atoms with Gasteiger partial charge in [0, 0.05) is 50.6 Å². The predicted octanol–water partition coefficient (Wildman–Crippen LogP) is 2.76. The lowest BCUT2D eigenvalue weighted by molar-refractivity contribution is -0.124. The quantitative estimate of drug-likeness (QED) is 0.742. The smallest absolute Gasteiger partial charge is 0.255 e. The van der Waals surface area contributed by atoms with E-state index in [0.29, 0.717) is 31.0 Å². The summed E-state index contributed by atoms with van der Waals surface area (Å²) in [5, 5.41) is 9.50. The molecule has 1 saturated carbocycles. The molecule has 6 nitrogen and oxygen atoms in total. The van der Waals surface area contributed by atoms with Crippen LogP contribution in [-0.2, 0) is 4.79 Å². The molecular weight excluding hydrogens is 354 g/mol. The van der Waals surface area contributed by atoms with Gasteiger partial charge in [0.25, 0.3) is 5.91 Å². The average Bonchev–Trinajstić information content (AvgIpc) is 3.47. The average molecular weight is 388 g/mol. The van der Waals surface area contributed by atoms with Crippen molar-refractivity contribution < 1.29 is 14.7 Å². The number of rotatable bonds is 8. The van der Waals surface area contributed by atoms with Gasteiger partial charge < -0.3 is 14.9 Å². The molecule has 0 unspecified atom stereocenters. The summed E-state index contributed by atoms with van der Waals surface area (Å²) in [6.45, 7) is 6.31. The van der Waals surface area contributed by atoms with Gasteiger partial charge in [0.2, 0.25) is 0 Å². The number of nitrogens with zero attached hydrogens (tertiary/aromatic N) is 3. The van der Waals surface area contributed by atoms with Crippen molar-refractivity contribution in [3.05, 3.63) is 23.9 Å². The van der Waals surface area contributed by atoms with E-state index in [4.69, 9.17) is 0 Å². The molecule has 28 heavy (non-hydrogen) atoms. The van der Waals surface area contributed by atoms with Crippen LogP contribution in [0.2, 0.25) is 0 Å². The Morgan fingerprint density at radius 3 is 2.68 bits per heavy atom. The summed E-state index contributed by atoms with van der Waals surface area (Å²) in [5.74, 6) is 1.36. The highest BCUT2D eigenvalue weighted by molar-refractivity contribution is 5.94. The zero-order valence-corrected chi connectivity index (χ0v) is 17.4. The number of carbonyl (C=O) groups excluding carboxylic acids is 2. The number of pyridine rings is 1. The summed E-state index contributed by atoms with van der Waals surface area (Å²) in [6.07, 6.45) is 6.07. The van der Waals surface area contributed by atoms with Crippen LogP contribution < -0.4 is 4.90 Å².